The van der Waals surface area contributed by atoms with Crippen LogP contribution in [0.25, 0.3) is 11.0 Å². The van der Waals surface area contributed by atoms with Crippen LogP contribution in [0, 0.1) is 5.41 Å². The van der Waals surface area contributed by atoms with Crippen LogP contribution < -0.4 is 5.69 Å². The lowest BCUT2D eigenvalue weighted by atomic mass is 9.76. The molecule has 1 aromatic heterocycles. The number of likely N-dealkylation sites (tertiary alicyclic amines) is 1. The summed E-state index contributed by atoms with van der Waals surface area (Å²) in [5.41, 5.74) is 1.69. The number of hydrogen-bond acceptors (Lipinski definition) is 3. The third-order valence-electron chi connectivity index (χ3n) is 5.86. The van der Waals surface area contributed by atoms with E-state index in [-0.39, 0.29) is 23.6 Å². The van der Waals surface area contributed by atoms with Crippen molar-refractivity contribution >= 4 is 16.9 Å². The average Bonchev–Trinajstić information content (AvgIpc) is 2.82. The fourth-order valence-electron chi connectivity index (χ4n) is 4.13. The quantitative estimate of drug-likeness (QED) is 0.774. The van der Waals surface area contributed by atoms with E-state index in [1.165, 1.54) is 0 Å². The van der Waals surface area contributed by atoms with Gasteiger partial charge < -0.3 is 9.64 Å². The summed E-state index contributed by atoms with van der Waals surface area (Å²) in [6, 6.07) is 7.60. The SMILES string of the molecule is Cn1c(=O)n(CC(=O)N2CCC3(CC=CCOC3)CC2)c2ccccc21. The van der Waals surface area contributed by atoms with Crippen molar-refractivity contribution in [1.82, 2.24) is 14.0 Å². The van der Waals surface area contributed by atoms with Crippen LogP contribution >= 0.6 is 0 Å². The highest BCUT2D eigenvalue weighted by Crippen LogP contribution is 2.37. The summed E-state index contributed by atoms with van der Waals surface area (Å²) in [6.45, 7) is 3.02. The molecule has 138 valence electrons. The van der Waals surface area contributed by atoms with Gasteiger partial charge in [-0.15, -0.1) is 0 Å². The predicted octanol–water partition coefficient (Wildman–Crippen LogP) is 1.93. The monoisotopic (exact) mass is 355 g/mol. The number of nitrogens with zero attached hydrogens (tertiary/aromatic N) is 3. The number of fused-ring (bicyclic) bond motifs is 1. The van der Waals surface area contributed by atoms with Gasteiger partial charge in [0.25, 0.3) is 0 Å². The van der Waals surface area contributed by atoms with E-state index in [0.717, 1.165) is 50.0 Å². The number of para-hydroxylation sites is 2. The van der Waals surface area contributed by atoms with Crippen molar-refractivity contribution in [2.24, 2.45) is 12.5 Å². The minimum atomic E-state index is -0.143. The second-order valence-corrected chi connectivity index (χ2v) is 7.49. The summed E-state index contributed by atoms with van der Waals surface area (Å²) in [4.78, 5) is 27.2. The molecule has 6 nitrogen and oxygen atoms in total. The van der Waals surface area contributed by atoms with Crippen LogP contribution in [-0.2, 0) is 23.1 Å². The number of aryl methyl sites for hydroxylation is 1. The molecule has 1 spiro atoms. The maximum Gasteiger partial charge on any atom is 0.329 e. The fourth-order valence-corrected chi connectivity index (χ4v) is 4.13. The molecule has 6 heteroatoms. The molecule has 1 aromatic carbocycles. The van der Waals surface area contributed by atoms with E-state index in [2.05, 4.69) is 12.2 Å². The Labute approximate surface area is 152 Å². The first-order valence-corrected chi connectivity index (χ1v) is 9.24. The topological polar surface area (TPSA) is 56.5 Å². The molecule has 0 unspecified atom stereocenters. The van der Waals surface area contributed by atoms with Gasteiger partial charge in [0.15, 0.2) is 0 Å². The molecule has 2 aromatic rings. The Balaban J connectivity index is 1.48. The molecule has 0 bridgehead atoms. The maximum atomic E-state index is 12.8. The third kappa shape index (κ3) is 2.98. The van der Waals surface area contributed by atoms with Crippen molar-refractivity contribution in [3.05, 3.63) is 46.9 Å². The van der Waals surface area contributed by atoms with E-state index in [1.54, 1.807) is 16.2 Å². The lowest BCUT2D eigenvalue weighted by Crippen LogP contribution is -2.46. The number of allylic oxidation sites excluding steroid dienone is 1. The zero-order chi connectivity index (χ0) is 18.1. The summed E-state index contributed by atoms with van der Waals surface area (Å²) in [5.74, 6) is 0.0170. The molecule has 2 aliphatic heterocycles. The number of piperidine rings is 1. The minimum Gasteiger partial charge on any atom is -0.377 e. The molecule has 4 rings (SSSR count). The summed E-state index contributed by atoms with van der Waals surface area (Å²) in [5, 5.41) is 0. The van der Waals surface area contributed by atoms with Gasteiger partial charge in [-0.25, -0.2) is 4.79 Å². The molecule has 0 atom stereocenters. The maximum absolute atomic E-state index is 12.8. The van der Waals surface area contributed by atoms with Gasteiger partial charge in [0.1, 0.15) is 6.54 Å². The van der Waals surface area contributed by atoms with Crippen LogP contribution in [0.2, 0.25) is 0 Å². The molecule has 2 aliphatic rings. The largest absolute Gasteiger partial charge is 0.377 e. The van der Waals surface area contributed by atoms with Crippen molar-refractivity contribution in [1.29, 1.82) is 0 Å². The Morgan fingerprint density at radius 1 is 1.15 bits per heavy atom. The number of rotatable bonds is 2. The number of imidazole rings is 1. The highest BCUT2D eigenvalue weighted by Gasteiger charge is 2.36. The van der Waals surface area contributed by atoms with Crippen LogP contribution in [0.1, 0.15) is 19.3 Å². The van der Waals surface area contributed by atoms with Gasteiger partial charge in [0.2, 0.25) is 5.91 Å². The Bertz CT molecular complexity index is 901. The summed E-state index contributed by atoms with van der Waals surface area (Å²) in [7, 11) is 1.75. The summed E-state index contributed by atoms with van der Waals surface area (Å²) >= 11 is 0. The van der Waals surface area contributed by atoms with E-state index in [1.807, 2.05) is 29.2 Å². The smallest absolute Gasteiger partial charge is 0.329 e. The molecule has 1 amide bonds. The molecule has 0 radical (unpaired) electrons. The fraction of sp³-hybridized carbons (Fsp3) is 0.500. The van der Waals surface area contributed by atoms with E-state index >= 15 is 0 Å². The lowest BCUT2D eigenvalue weighted by molar-refractivity contribution is -0.134. The van der Waals surface area contributed by atoms with Gasteiger partial charge in [-0.1, -0.05) is 24.3 Å². The highest BCUT2D eigenvalue weighted by molar-refractivity contribution is 5.81. The van der Waals surface area contributed by atoms with Gasteiger partial charge in [-0.3, -0.25) is 13.9 Å². The van der Waals surface area contributed by atoms with Gasteiger partial charge >= 0.3 is 5.69 Å². The molecular weight excluding hydrogens is 330 g/mol. The first kappa shape index (κ1) is 17.1. The zero-order valence-electron chi connectivity index (χ0n) is 15.2. The molecule has 0 aliphatic carbocycles. The Morgan fingerprint density at radius 2 is 1.88 bits per heavy atom. The third-order valence-corrected chi connectivity index (χ3v) is 5.86. The van der Waals surface area contributed by atoms with E-state index in [9.17, 15) is 9.59 Å². The van der Waals surface area contributed by atoms with Gasteiger partial charge in [0.05, 0.1) is 24.2 Å². The van der Waals surface area contributed by atoms with Crippen molar-refractivity contribution in [2.75, 3.05) is 26.3 Å². The first-order valence-electron chi connectivity index (χ1n) is 9.24. The molecule has 26 heavy (non-hydrogen) atoms. The van der Waals surface area contributed by atoms with Crippen LogP contribution in [0.4, 0.5) is 0 Å². The number of carbonyl (C=O) groups excluding carboxylic acids is 1. The van der Waals surface area contributed by atoms with E-state index in [0.29, 0.717) is 6.61 Å². The van der Waals surface area contributed by atoms with Crippen LogP contribution in [-0.4, -0.2) is 46.2 Å². The number of aromatic nitrogens is 2. The second-order valence-electron chi connectivity index (χ2n) is 7.49. The number of carbonyl (C=O) groups is 1. The van der Waals surface area contributed by atoms with Gasteiger partial charge in [-0.05, 0) is 31.4 Å². The molecule has 1 fully saturated rings. The molecular formula is C20H25N3O3. The highest BCUT2D eigenvalue weighted by atomic mass is 16.5. The number of amides is 1. The van der Waals surface area contributed by atoms with Crippen molar-refractivity contribution in [2.45, 2.75) is 25.8 Å². The van der Waals surface area contributed by atoms with E-state index in [4.69, 9.17) is 4.74 Å². The molecule has 0 N–H and O–H groups in total. The number of benzene rings is 1. The van der Waals surface area contributed by atoms with Crippen molar-refractivity contribution in [3.63, 3.8) is 0 Å². The zero-order valence-corrected chi connectivity index (χ0v) is 15.2. The van der Waals surface area contributed by atoms with E-state index < -0.39 is 0 Å². The minimum absolute atomic E-state index is 0.0170. The molecule has 1 saturated heterocycles. The molecule has 0 saturated carbocycles. The number of ether oxygens (including phenoxy) is 1. The predicted molar refractivity (Wildman–Crippen MR) is 100 cm³/mol. The molecule has 3 heterocycles. The Kier molecular flexibility index (Phi) is 4.44. The lowest BCUT2D eigenvalue weighted by Gasteiger charge is -2.40. The van der Waals surface area contributed by atoms with Crippen LogP contribution in [0.3, 0.4) is 0 Å². The van der Waals surface area contributed by atoms with Crippen LogP contribution in [0.5, 0.6) is 0 Å². The van der Waals surface area contributed by atoms with Crippen molar-refractivity contribution < 1.29 is 9.53 Å². The Hall–Kier alpha value is -2.34. The Morgan fingerprint density at radius 3 is 2.65 bits per heavy atom. The standard InChI is InChI=1S/C20H25N3O3/c1-21-16-6-2-3-7-17(16)23(19(21)25)14-18(24)22-11-9-20(10-12-22)8-4-5-13-26-15-20/h2-7H,8-15H2,1H3. The second kappa shape index (κ2) is 6.76. The van der Waals surface area contributed by atoms with Gasteiger partial charge in [-0.2, -0.15) is 0 Å². The normalized spacial score (nSPS) is 19.8. The summed E-state index contributed by atoms with van der Waals surface area (Å²) < 4.78 is 8.89. The summed E-state index contributed by atoms with van der Waals surface area (Å²) in [6.07, 6.45) is 7.22. The van der Waals surface area contributed by atoms with Gasteiger partial charge in [0, 0.05) is 25.6 Å². The average molecular weight is 355 g/mol. The number of hydrogen-bond donors (Lipinski definition) is 0. The van der Waals surface area contributed by atoms with Crippen LogP contribution in [0.15, 0.2) is 41.2 Å². The first-order chi connectivity index (χ1) is 12.6. The van der Waals surface area contributed by atoms with Crippen molar-refractivity contribution in [3.8, 4) is 0 Å².